The highest BCUT2D eigenvalue weighted by Gasteiger charge is 2.30. The minimum absolute atomic E-state index is 0.00822. The number of aliphatic imine (C=N–C) groups is 1. The van der Waals surface area contributed by atoms with Gasteiger partial charge in [0.15, 0.2) is 12.0 Å². The molecule has 0 aliphatic carbocycles. The molecule has 0 bridgehead atoms. The molecule has 0 radical (unpaired) electrons. The van der Waals surface area contributed by atoms with E-state index >= 15 is 0 Å². The molecule has 3 rings (SSSR count). The molecule has 2 heterocycles. The Bertz CT molecular complexity index is 758. The van der Waals surface area contributed by atoms with Gasteiger partial charge in [-0.25, -0.2) is 0 Å². The minimum Gasteiger partial charge on any atom is -0.494 e. The average Bonchev–Trinajstić information content (AvgIpc) is 2.92. The van der Waals surface area contributed by atoms with Gasteiger partial charge in [0.2, 0.25) is 0 Å². The minimum atomic E-state index is -0.401. The van der Waals surface area contributed by atoms with Crippen molar-refractivity contribution >= 4 is 6.21 Å². The van der Waals surface area contributed by atoms with Crippen molar-refractivity contribution in [3.8, 4) is 5.75 Å². The van der Waals surface area contributed by atoms with Crippen molar-refractivity contribution in [3.63, 3.8) is 0 Å². The standard InChI is InChI=1S/C31H50N2O3/c1-3-4-5-6-7-8-9-13-25-34-29-20-18-28(19-21-29)31(32-23-15-24-33-31)22-12-10-16-27(2)36-30-17-11-14-26-35-30/h15,18-21,23-24,27,30,32H,3-14,16-17,22,25-26H2,1-2H3. The fraction of sp³-hybridized carbons (Fsp3) is 0.710. The molecule has 1 aromatic rings. The third kappa shape index (κ3) is 10.3. The number of hydrogen-bond acceptors (Lipinski definition) is 5. The zero-order valence-corrected chi connectivity index (χ0v) is 22.9. The van der Waals surface area contributed by atoms with Crippen molar-refractivity contribution in [2.75, 3.05) is 13.2 Å². The number of nitrogens with zero attached hydrogens (tertiary/aromatic N) is 1. The van der Waals surface area contributed by atoms with Gasteiger partial charge >= 0.3 is 0 Å². The van der Waals surface area contributed by atoms with Crippen LogP contribution in [0.4, 0.5) is 0 Å². The lowest BCUT2D eigenvalue weighted by Crippen LogP contribution is -2.39. The zero-order valence-electron chi connectivity index (χ0n) is 22.9. The molecule has 2 aliphatic rings. The largest absolute Gasteiger partial charge is 0.494 e. The first-order valence-corrected chi connectivity index (χ1v) is 14.7. The summed E-state index contributed by atoms with van der Waals surface area (Å²) in [6.45, 7) is 6.07. The molecule has 0 spiro atoms. The van der Waals surface area contributed by atoms with Gasteiger partial charge in [-0.2, -0.15) is 0 Å². The highest BCUT2D eigenvalue weighted by atomic mass is 16.7. The predicted molar refractivity (Wildman–Crippen MR) is 150 cm³/mol. The van der Waals surface area contributed by atoms with Crippen LogP contribution in [0.25, 0.3) is 0 Å². The van der Waals surface area contributed by atoms with E-state index in [0.717, 1.165) is 63.9 Å². The second-order valence-corrected chi connectivity index (χ2v) is 10.5. The molecular weight excluding hydrogens is 448 g/mol. The molecule has 5 nitrogen and oxygen atoms in total. The number of benzene rings is 1. The quantitative estimate of drug-likeness (QED) is 0.208. The van der Waals surface area contributed by atoms with E-state index in [0.29, 0.717) is 0 Å². The molecule has 3 unspecified atom stereocenters. The molecule has 0 aromatic heterocycles. The van der Waals surface area contributed by atoms with Crippen LogP contribution >= 0.6 is 0 Å². The van der Waals surface area contributed by atoms with Crippen molar-refractivity contribution in [2.45, 2.75) is 128 Å². The van der Waals surface area contributed by atoms with Gasteiger partial charge in [0.1, 0.15) is 5.75 Å². The topological polar surface area (TPSA) is 52.1 Å². The smallest absolute Gasteiger partial charge is 0.157 e. The Kier molecular flexibility index (Phi) is 13.4. The van der Waals surface area contributed by atoms with Crippen LogP contribution in [-0.4, -0.2) is 31.8 Å². The van der Waals surface area contributed by atoms with Crippen molar-refractivity contribution in [1.29, 1.82) is 0 Å². The maximum absolute atomic E-state index is 6.09. The summed E-state index contributed by atoms with van der Waals surface area (Å²) in [6.07, 6.45) is 24.2. The van der Waals surface area contributed by atoms with Crippen LogP contribution in [0.5, 0.6) is 5.75 Å². The predicted octanol–water partition coefficient (Wildman–Crippen LogP) is 8.04. The lowest BCUT2D eigenvalue weighted by molar-refractivity contribution is -0.185. The van der Waals surface area contributed by atoms with Gasteiger partial charge in [-0.3, -0.25) is 4.99 Å². The number of ether oxygens (including phenoxy) is 3. The Balaban J connectivity index is 1.37. The molecule has 36 heavy (non-hydrogen) atoms. The first-order valence-electron chi connectivity index (χ1n) is 14.7. The lowest BCUT2D eigenvalue weighted by Gasteiger charge is -2.33. The van der Waals surface area contributed by atoms with E-state index in [1.54, 1.807) is 0 Å². The molecular formula is C31H50N2O3. The first-order chi connectivity index (χ1) is 17.7. The van der Waals surface area contributed by atoms with E-state index in [-0.39, 0.29) is 12.4 Å². The fourth-order valence-corrected chi connectivity index (χ4v) is 5.09. The molecule has 5 heteroatoms. The Morgan fingerprint density at radius 1 is 1.00 bits per heavy atom. The van der Waals surface area contributed by atoms with Crippen molar-refractivity contribution in [3.05, 3.63) is 42.1 Å². The number of hydrogen-bond donors (Lipinski definition) is 1. The monoisotopic (exact) mass is 498 g/mol. The van der Waals surface area contributed by atoms with Gasteiger partial charge in [0.05, 0.1) is 12.7 Å². The van der Waals surface area contributed by atoms with Crippen molar-refractivity contribution in [2.24, 2.45) is 4.99 Å². The van der Waals surface area contributed by atoms with Crippen molar-refractivity contribution < 1.29 is 14.2 Å². The number of nitrogens with one attached hydrogen (secondary N) is 1. The molecule has 2 aliphatic heterocycles. The molecule has 1 fully saturated rings. The number of unbranched alkanes of at least 4 members (excludes halogenated alkanes) is 8. The normalized spacial score (nSPS) is 22.3. The third-order valence-electron chi connectivity index (χ3n) is 7.32. The van der Waals surface area contributed by atoms with Gasteiger partial charge < -0.3 is 19.5 Å². The number of allylic oxidation sites excluding steroid dienone is 1. The van der Waals surface area contributed by atoms with Crippen LogP contribution in [0.3, 0.4) is 0 Å². The molecule has 0 saturated carbocycles. The molecule has 1 saturated heterocycles. The second kappa shape index (κ2) is 16.8. The van der Waals surface area contributed by atoms with Gasteiger partial charge in [-0.1, -0.05) is 70.4 Å². The maximum atomic E-state index is 6.09. The summed E-state index contributed by atoms with van der Waals surface area (Å²) in [4.78, 5) is 4.88. The summed E-state index contributed by atoms with van der Waals surface area (Å²) in [6, 6.07) is 8.52. The van der Waals surface area contributed by atoms with Gasteiger partial charge in [-0.05, 0) is 75.6 Å². The number of rotatable bonds is 18. The van der Waals surface area contributed by atoms with E-state index in [1.165, 1.54) is 56.9 Å². The molecule has 3 atom stereocenters. The third-order valence-corrected chi connectivity index (χ3v) is 7.32. The Morgan fingerprint density at radius 3 is 2.47 bits per heavy atom. The molecule has 0 amide bonds. The van der Waals surface area contributed by atoms with E-state index in [2.05, 4.69) is 43.4 Å². The van der Waals surface area contributed by atoms with Crippen LogP contribution < -0.4 is 10.1 Å². The summed E-state index contributed by atoms with van der Waals surface area (Å²) >= 11 is 0. The highest BCUT2D eigenvalue weighted by molar-refractivity contribution is 5.72. The lowest BCUT2D eigenvalue weighted by atomic mass is 9.92. The van der Waals surface area contributed by atoms with Crippen LogP contribution in [-0.2, 0) is 15.1 Å². The first kappa shape index (κ1) is 28.7. The molecule has 202 valence electrons. The van der Waals surface area contributed by atoms with E-state index in [4.69, 9.17) is 19.2 Å². The van der Waals surface area contributed by atoms with E-state index in [9.17, 15) is 0 Å². The van der Waals surface area contributed by atoms with Crippen LogP contribution in [0.15, 0.2) is 41.5 Å². The molecule has 1 aromatic carbocycles. The van der Waals surface area contributed by atoms with Crippen LogP contribution in [0, 0.1) is 0 Å². The molecule has 1 N–H and O–H groups in total. The van der Waals surface area contributed by atoms with E-state index < -0.39 is 5.66 Å². The van der Waals surface area contributed by atoms with Crippen LogP contribution in [0.2, 0.25) is 0 Å². The SMILES string of the molecule is CCCCCCCCCCOc1ccc(C2(CCCCC(C)OC3CCCCO3)N=CC=CN2)cc1. The summed E-state index contributed by atoms with van der Waals surface area (Å²) < 4.78 is 17.8. The van der Waals surface area contributed by atoms with Gasteiger partial charge in [0, 0.05) is 19.0 Å². The van der Waals surface area contributed by atoms with Crippen LogP contribution in [0.1, 0.15) is 116 Å². The summed E-state index contributed by atoms with van der Waals surface area (Å²) in [5.74, 6) is 0.947. The summed E-state index contributed by atoms with van der Waals surface area (Å²) in [5.41, 5.74) is 0.782. The van der Waals surface area contributed by atoms with Gasteiger partial charge in [-0.15, -0.1) is 0 Å². The average molecular weight is 499 g/mol. The Morgan fingerprint density at radius 2 is 1.78 bits per heavy atom. The Labute approximate surface area is 220 Å². The van der Waals surface area contributed by atoms with Crippen molar-refractivity contribution in [1.82, 2.24) is 5.32 Å². The summed E-state index contributed by atoms with van der Waals surface area (Å²) in [5, 5.41) is 3.54. The zero-order chi connectivity index (χ0) is 25.3. The second-order valence-electron chi connectivity index (χ2n) is 10.5. The van der Waals surface area contributed by atoms with Gasteiger partial charge in [0.25, 0.3) is 0 Å². The Hall–Kier alpha value is -1.85. The summed E-state index contributed by atoms with van der Waals surface area (Å²) in [7, 11) is 0. The fourth-order valence-electron chi connectivity index (χ4n) is 5.09. The maximum Gasteiger partial charge on any atom is 0.157 e. The van der Waals surface area contributed by atoms with E-state index in [1.807, 2.05) is 18.5 Å². The highest BCUT2D eigenvalue weighted by Crippen LogP contribution is 2.32.